The highest BCUT2D eigenvalue weighted by Crippen LogP contribution is 2.21. The molecule has 0 bridgehead atoms. The van der Waals surface area contributed by atoms with Gasteiger partial charge in [-0.05, 0) is 18.2 Å². The minimum Gasteiger partial charge on any atom is -0.421 e. The van der Waals surface area contributed by atoms with Crippen LogP contribution in [-0.4, -0.2) is 17.9 Å². The standard InChI is InChI=1S/C17H14N4O4/c1-20(12-6-4-7-13(10-12)21(23)24)17(18)19-14-9-11-5-2-3-8-15(11)25-16(14)22/h2-10H,1H3,(H2,18,19). The van der Waals surface area contributed by atoms with Gasteiger partial charge in [0.05, 0.1) is 10.6 Å². The molecule has 25 heavy (non-hydrogen) atoms. The van der Waals surface area contributed by atoms with E-state index in [9.17, 15) is 14.9 Å². The average molecular weight is 338 g/mol. The van der Waals surface area contributed by atoms with Crippen LogP contribution in [0.5, 0.6) is 0 Å². The van der Waals surface area contributed by atoms with E-state index in [0.29, 0.717) is 16.7 Å². The van der Waals surface area contributed by atoms with Gasteiger partial charge in [0.2, 0.25) is 5.96 Å². The molecule has 0 aliphatic heterocycles. The summed E-state index contributed by atoms with van der Waals surface area (Å²) in [6.07, 6.45) is 0. The van der Waals surface area contributed by atoms with E-state index in [1.165, 1.54) is 17.0 Å². The number of non-ortho nitro benzene ring substituents is 1. The minimum absolute atomic E-state index is 0.00285. The number of rotatable bonds is 3. The maximum absolute atomic E-state index is 12.0. The molecule has 0 fully saturated rings. The molecule has 1 aromatic heterocycles. The number of aliphatic imine (C=N–C) groups is 1. The van der Waals surface area contributed by atoms with E-state index >= 15 is 0 Å². The predicted molar refractivity (Wildman–Crippen MR) is 95.3 cm³/mol. The zero-order chi connectivity index (χ0) is 18.0. The van der Waals surface area contributed by atoms with E-state index in [4.69, 9.17) is 10.2 Å². The van der Waals surface area contributed by atoms with Gasteiger partial charge in [-0.1, -0.05) is 24.3 Å². The third-order valence-corrected chi connectivity index (χ3v) is 3.63. The van der Waals surface area contributed by atoms with Crippen LogP contribution in [0.25, 0.3) is 11.0 Å². The fourth-order valence-corrected chi connectivity index (χ4v) is 2.27. The fourth-order valence-electron chi connectivity index (χ4n) is 2.27. The van der Waals surface area contributed by atoms with Crippen LogP contribution in [-0.2, 0) is 0 Å². The van der Waals surface area contributed by atoms with Gasteiger partial charge in [0.1, 0.15) is 5.58 Å². The molecule has 2 N–H and O–H groups in total. The molecule has 3 aromatic rings. The minimum atomic E-state index is -0.617. The van der Waals surface area contributed by atoms with Gasteiger partial charge in [0.15, 0.2) is 5.69 Å². The molecule has 0 aliphatic rings. The summed E-state index contributed by atoms with van der Waals surface area (Å²) in [6.45, 7) is 0. The topological polar surface area (TPSA) is 115 Å². The van der Waals surface area contributed by atoms with E-state index in [1.807, 2.05) is 6.07 Å². The van der Waals surface area contributed by atoms with E-state index in [1.54, 1.807) is 43.4 Å². The summed E-state index contributed by atoms with van der Waals surface area (Å²) >= 11 is 0. The molecule has 8 nitrogen and oxygen atoms in total. The van der Waals surface area contributed by atoms with Crippen molar-refractivity contribution in [1.82, 2.24) is 0 Å². The molecular weight excluding hydrogens is 324 g/mol. The lowest BCUT2D eigenvalue weighted by Crippen LogP contribution is -2.33. The molecule has 0 amide bonds. The lowest BCUT2D eigenvalue weighted by atomic mass is 10.2. The van der Waals surface area contributed by atoms with Gasteiger partial charge < -0.3 is 15.1 Å². The smallest absolute Gasteiger partial charge is 0.362 e. The summed E-state index contributed by atoms with van der Waals surface area (Å²) in [5.74, 6) is 0.00285. The normalized spacial score (nSPS) is 11.5. The van der Waals surface area contributed by atoms with Gasteiger partial charge in [-0.15, -0.1) is 0 Å². The molecule has 1 heterocycles. The molecule has 0 saturated heterocycles. The Morgan fingerprint density at radius 3 is 2.72 bits per heavy atom. The van der Waals surface area contributed by atoms with Crippen molar-refractivity contribution in [2.24, 2.45) is 10.7 Å². The van der Waals surface area contributed by atoms with Crippen molar-refractivity contribution in [3.8, 4) is 0 Å². The van der Waals surface area contributed by atoms with Gasteiger partial charge in [-0.25, -0.2) is 9.79 Å². The number of hydrogen-bond acceptors (Lipinski definition) is 5. The number of para-hydroxylation sites is 1. The van der Waals surface area contributed by atoms with E-state index in [0.717, 1.165) is 0 Å². The first-order chi connectivity index (χ1) is 12.0. The first-order valence-corrected chi connectivity index (χ1v) is 7.31. The third kappa shape index (κ3) is 3.32. The van der Waals surface area contributed by atoms with Crippen molar-refractivity contribution < 1.29 is 9.34 Å². The number of hydrogen-bond donors (Lipinski definition) is 1. The predicted octanol–water partition coefficient (Wildman–Crippen LogP) is 2.78. The van der Waals surface area contributed by atoms with Gasteiger partial charge in [-0.3, -0.25) is 10.1 Å². The summed E-state index contributed by atoms with van der Waals surface area (Å²) in [5.41, 5.74) is 6.24. The van der Waals surface area contributed by atoms with Crippen LogP contribution in [0.1, 0.15) is 0 Å². The molecule has 0 radical (unpaired) electrons. The number of nitrogens with zero attached hydrogens (tertiary/aromatic N) is 3. The summed E-state index contributed by atoms with van der Waals surface area (Å²) in [4.78, 5) is 28.0. The highest BCUT2D eigenvalue weighted by Gasteiger charge is 2.12. The summed E-state index contributed by atoms with van der Waals surface area (Å²) in [7, 11) is 1.60. The molecular formula is C17H14N4O4. The Bertz CT molecular complexity index is 1040. The maximum atomic E-state index is 12.0. The molecule has 126 valence electrons. The molecule has 0 aliphatic carbocycles. The van der Waals surface area contributed by atoms with Gasteiger partial charge >= 0.3 is 5.63 Å². The Morgan fingerprint density at radius 2 is 1.96 bits per heavy atom. The van der Waals surface area contributed by atoms with Crippen LogP contribution in [0.3, 0.4) is 0 Å². The summed E-state index contributed by atoms with van der Waals surface area (Å²) in [5, 5.41) is 11.6. The van der Waals surface area contributed by atoms with Crippen LogP contribution >= 0.6 is 0 Å². The molecule has 8 heteroatoms. The van der Waals surface area contributed by atoms with Gasteiger partial charge in [0, 0.05) is 24.6 Å². The number of guanidine groups is 1. The second kappa shape index (κ2) is 6.44. The zero-order valence-corrected chi connectivity index (χ0v) is 13.2. The number of anilines is 1. The van der Waals surface area contributed by atoms with Crippen molar-refractivity contribution in [1.29, 1.82) is 0 Å². The number of fused-ring (bicyclic) bond motifs is 1. The average Bonchev–Trinajstić information content (AvgIpc) is 2.61. The molecule has 0 unspecified atom stereocenters. The zero-order valence-electron chi connectivity index (χ0n) is 13.2. The highest BCUT2D eigenvalue weighted by molar-refractivity contribution is 5.96. The number of nitro groups is 1. The summed E-state index contributed by atoms with van der Waals surface area (Å²) in [6, 6.07) is 14.6. The molecule has 2 aromatic carbocycles. The monoisotopic (exact) mass is 338 g/mol. The molecule has 0 saturated carbocycles. The lowest BCUT2D eigenvalue weighted by molar-refractivity contribution is -0.384. The summed E-state index contributed by atoms with van der Waals surface area (Å²) < 4.78 is 5.20. The second-order valence-electron chi connectivity index (χ2n) is 5.26. The Labute approximate surface area is 142 Å². The quantitative estimate of drug-likeness (QED) is 0.258. The van der Waals surface area contributed by atoms with E-state index in [-0.39, 0.29) is 17.3 Å². The van der Waals surface area contributed by atoms with E-state index in [2.05, 4.69) is 4.99 Å². The van der Waals surface area contributed by atoms with Crippen molar-refractivity contribution >= 4 is 34.0 Å². The van der Waals surface area contributed by atoms with Crippen molar-refractivity contribution in [3.63, 3.8) is 0 Å². The van der Waals surface area contributed by atoms with Crippen LogP contribution in [0, 0.1) is 10.1 Å². The van der Waals surface area contributed by atoms with Crippen molar-refractivity contribution in [3.05, 3.63) is 75.1 Å². The number of benzene rings is 2. The second-order valence-corrected chi connectivity index (χ2v) is 5.26. The third-order valence-electron chi connectivity index (χ3n) is 3.63. The first-order valence-electron chi connectivity index (χ1n) is 7.31. The van der Waals surface area contributed by atoms with Crippen LogP contribution in [0.4, 0.5) is 17.1 Å². The van der Waals surface area contributed by atoms with Crippen LogP contribution < -0.4 is 16.3 Å². The Kier molecular flexibility index (Phi) is 4.17. The Hall–Kier alpha value is -3.68. The largest absolute Gasteiger partial charge is 0.421 e. The number of nitrogens with two attached hydrogens (primary N) is 1. The lowest BCUT2D eigenvalue weighted by Gasteiger charge is -2.17. The fraction of sp³-hybridized carbons (Fsp3) is 0.0588. The molecule has 0 spiro atoms. The maximum Gasteiger partial charge on any atom is 0.362 e. The Morgan fingerprint density at radius 1 is 1.20 bits per heavy atom. The van der Waals surface area contributed by atoms with Crippen LogP contribution in [0.2, 0.25) is 0 Å². The molecule has 0 atom stereocenters. The van der Waals surface area contributed by atoms with Gasteiger partial charge in [-0.2, -0.15) is 0 Å². The van der Waals surface area contributed by atoms with Gasteiger partial charge in [0.25, 0.3) is 5.69 Å². The highest BCUT2D eigenvalue weighted by atomic mass is 16.6. The van der Waals surface area contributed by atoms with E-state index < -0.39 is 10.5 Å². The van der Waals surface area contributed by atoms with Crippen LogP contribution in [0.15, 0.2) is 68.8 Å². The SMILES string of the molecule is CN(C(N)=Nc1cc2ccccc2oc1=O)c1cccc([N+](=O)[O-])c1. The van der Waals surface area contributed by atoms with Crippen molar-refractivity contribution in [2.45, 2.75) is 0 Å². The first kappa shape index (κ1) is 16.2. The Balaban J connectivity index is 1.98. The van der Waals surface area contributed by atoms with Crippen molar-refractivity contribution in [2.75, 3.05) is 11.9 Å². The molecule has 3 rings (SSSR count). The number of nitro benzene ring substituents is 1.